The molecular weight excluding hydrogens is 208 g/mol. The van der Waals surface area contributed by atoms with E-state index in [9.17, 15) is 9.59 Å². The van der Waals surface area contributed by atoms with Gasteiger partial charge in [0.25, 0.3) is 0 Å². The van der Waals surface area contributed by atoms with Crippen molar-refractivity contribution in [2.45, 2.75) is 38.9 Å². The second-order valence-corrected chi connectivity index (χ2v) is 3.34. The fraction of sp³-hybridized carbons (Fsp3) is 0.500. The number of hydrogen-bond donors (Lipinski definition) is 0. The van der Waals surface area contributed by atoms with Gasteiger partial charge in [0.05, 0.1) is 0 Å². The molecule has 2 atom stereocenters. The van der Waals surface area contributed by atoms with Crippen LogP contribution in [0.25, 0.3) is 0 Å². The molecule has 0 aliphatic carbocycles. The zero-order chi connectivity index (χ0) is 12.6. The van der Waals surface area contributed by atoms with Crippen molar-refractivity contribution >= 4 is 11.9 Å². The van der Waals surface area contributed by atoms with E-state index in [4.69, 9.17) is 9.47 Å². The van der Waals surface area contributed by atoms with Crippen molar-refractivity contribution in [2.24, 2.45) is 0 Å². The van der Waals surface area contributed by atoms with Crippen LogP contribution in [0.15, 0.2) is 25.3 Å². The monoisotopic (exact) mass is 226 g/mol. The Labute approximate surface area is 95.9 Å². The van der Waals surface area contributed by atoms with Crippen LogP contribution in [0, 0.1) is 0 Å². The summed E-state index contributed by atoms with van der Waals surface area (Å²) in [6.45, 7) is 9.77. The molecule has 0 N–H and O–H groups in total. The molecule has 0 bridgehead atoms. The predicted octanol–water partition coefficient (Wildman–Crippen LogP) is 2.00. The van der Waals surface area contributed by atoms with E-state index >= 15 is 0 Å². The van der Waals surface area contributed by atoms with Crippen LogP contribution in [-0.4, -0.2) is 24.1 Å². The van der Waals surface area contributed by atoms with Gasteiger partial charge in [-0.3, -0.25) is 9.59 Å². The van der Waals surface area contributed by atoms with Crippen LogP contribution in [0.3, 0.4) is 0 Å². The number of ether oxygens (including phenoxy) is 2. The second kappa shape index (κ2) is 7.68. The van der Waals surface area contributed by atoms with Gasteiger partial charge in [0, 0.05) is 26.7 Å². The van der Waals surface area contributed by atoms with Crippen molar-refractivity contribution in [2.75, 3.05) is 0 Å². The van der Waals surface area contributed by atoms with E-state index in [0.29, 0.717) is 12.8 Å². The summed E-state index contributed by atoms with van der Waals surface area (Å²) < 4.78 is 10.1. The Morgan fingerprint density at radius 1 is 1.00 bits per heavy atom. The van der Waals surface area contributed by atoms with Crippen molar-refractivity contribution in [3.8, 4) is 0 Å². The maximum Gasteiger partial charge on any atom is 0.303 e. The summed E-state index contributed by atoms with van der Waals surface area (Å²) in [6, 6.07) is 0. The van der Waals surface area contributed by atoms with E-state index in [-0.39, 0.29) is 0 Å². The van der Waals surface area contributed by atoms with Gasteiger partial charge in [0.1, 0.15) is 12.2 Å². The van der Waals surface area contributed by atoms with E-state index in [2.05, 4.69) is 13.2 Å². The molecular formula is C12H18O4. The maximum absolute atomic E-state index is 10.9. The molecule has 0 aromatic heterocycles. The zero-order valence-corrected chi connectivity index (χ0v) is 9.77. The Hall–Kier alpha value is -1.58. The molecule has 0 aromatic carbocycles. The highest BCUT2D eigenvalue weighted by molar-refractivity contribution is 5.67. The molecule has 0 radical (unpaired) electrons. The third-order valence-electron chi connectivity index (χ3n) is 1.85. The average Bonchev–Trinajstić information content (AvgIpc) is 2.15. The molecule has 0 saturated carbocycles. The van der Waals surface area contributed by atoms with Gasteiger partial charge < -0.3 is 9.47 Å². The van der Waals surface area contributed by atoms with Gasteiger partial charge in [-0.25, -0.2) is 0 Å². The lowest BCUT2D eigenvalue weighted by molar-refractivity contribution is -0.164. The molecule has 0 fully saturated rings. The van der Waals surface area contributed by atoms with E-state index < -0.39 is 24.1 Å². The van der Waals surface area contributed by atoms with Gasteiger partial charge in [0.15, 0.2) is 0 Å². The predicted molar refractivity (Wildman–Crippen MR) is 60.7 cm³/mol. The molecule has 4 heteroatoms. The molecule has 90 valence electrons. The first-order chi connectivity index (χ1) is 7.51. The maximum atomic E-state index is 10.9. The zero-order valence-electron chi connectivity index (χ0n) is 9.77. The van der Waals surface area contributed by atoms with Crippen LogP contribution in [0.5, 0.6) is 0 Å². The molecule has 0 rings (SSSR count). The van der Waals surface area contributed by atoms with Crippen molar-refractivity contribution in [1.29, 1.82) is 0 Å². The van der Waals surface area contributed by atoms with Crippen molar-refractivity contribution in [1.82, 2.24) is 0 Å². The van der Waals surface area contributed by atoms with Crippen LogP contribution in [0.1, 0.15) is 26.7 Å². The SMILES string of the molecule is C=CCC(OC(C)=O)C(CC=C)OC(C)=O. The smallest absolute Gasteiger partial charge is 0.303 e. The lowest BCUT2D eigenvalue weighted by atomic mass is 10.1. The lowest BCUT2D eigenvalue weighted by Gasteiger charge is -2.24. The standard InChI is InChI=1S/C12H18O4/c1-5-7-11(15-9(3)13)12(8-6-2)16-10(4)14/h5-6,11-12H,1-2,7-8H2,3-4H3. The van der Waals surface area contributed by atoms with Gasteiger partial charge in [-0.1, -0.05) is 12.2 Å². The summed E-state index contributed by atoms with van der Waals surface area (Å²) in [5.41, 5.74) is 0. The van der Waals surface area contributed by atoms with E-state index in [1.165, 1.54) is 13.8 Å². The van der Waals surface area contributed by atoms with Gasteiger partial charge in [-0.05, 0) is 0 Å². The summed E-state index contributed by atoms with van der Waals surface area (Å²) in [5.74, 6) is -0.818. The normalized spacial score (nSPS) is 13.4. The van der Waals surface area contributed by atoms with Crippen LogP contribution >= 0.6 is 0 Å². The van der Waals surface area contributed by atoms with E-state index in [0.717, 1.165) is 0 Å². The van der Waals surface area contributed by atoms with Gasteiger partial charge in [-0.15, -0.1) is 13.2 Å². The Morgan fingerprint density at radius 2 is 1.31 bits per heavy atom. The highest BCUT2D eigenvalue weighted by Crippen LogP contribution is 2.14. The van der Waals surface area contributed by atoms with Gasteiger partial charge in [0.2, 0.25) is 0 Å². The van der Waals surface area contributed by atoms with E-state index in [1.54, 1.807) is 12.2 Å². The van der Waals surface area contributed by atoms with Crippen LogP contribution in [0.4, 0.5) is 0 Å². The molecule has 16 heavy (non-hydrogen) atoms. The van der Waals surface area contributed by atoms with Gasteiger partial charge >= 0.3 is 11.9 Å². The topological polar surface area (TPSA) is 52.6 Å². The Kier molecular flexibility index (Phi) is 6.92. The second-order valence-electron chi connectivity index (χ2n) is 3.34. The first-order valence-corrected chi connectivity index (χ1v) is 5.07. The van der Waals surface area contributed by atoms with Crippen molar-refractivity contribution in [3.63, 3.8) is 0 Å². The summed E-state index contributed by atoms with van der Waals surface area (Å²) >= 11 is 0. The average molecular weight is 226 g/mol. The van der Waals surface area contributed by atoms with Crippen LogP contribution in [-0.2, 0) is 19.1 Å². The Bertz CT molecular complexity index is 242. The molecule has 0 saturated heterocycles. The fourth-order valence-corrected chi connectivity index (χ4v) is 1.31. The molecule has 2 unspecified atom stereocenters. The number of esters is 2. The summed E-state index contributed by atoms with van der Waals surface area (Å²) in [6.07, 6.45) is 3.10. The summed E-state index contributed by atoms with van der Waals surface area (Å²) in [4.78, 5) is 21.8. The molecule has 4 nitrogen and oxygen atoms in total. The highest BCUT2D eigenvalue weighted by Gasteiger charge is 2.24. The Balaban J connectivity index is 4.61. The molecule has 0 heterocycles. The fourth-order valence-electron chi connectivity index (χ4n) is 1.31. The minimum Gasteiger partial charge on any atom is -0.458 e. The molecule has 0 spiro atoms. The van der Waals surface area contributed by atoms with E-state index in [1.807, 2.05) is 0 Å². The first-order valence-electron chi connectivity index (χ1n) is 5.07. The number of carbonyl (C=O) groups excluding carboxylic acids is 2. The van der Waals surface area contributed by atoms with Crippen molar-refractivity contribution < 1.29 is 19.1 Å². The first kappa shape index (κ1) is 14.4. The van der Waals surface area contributed by atoms with Crippen LogP contribution < -0.4 is 0 Å². The quantitative estimate of drug-likeness (QED) is 0.492. The summed E-state index contributed by atoms with van der Waals surface area (Å²) in [5, 5.41) is 0. The third kappa shape index (κ3) is 6.01. The molecule has 0 aromatic rings. The number of carbonyl (C=O) groups is 2. The number of hydrogen-bond acceptors (Lipinski definition) is 4. The van der Waals surface area contributed by atoms with Crippen molar-refractivity contribution in [3.05, 3.63) is 25.3 Å². The largest absolute Gasteiger partial charge is 0.458 e. The minimum atomic E-state index is -0.503. The number of rotatable bonds is 7. The third-order valence-corrected chi connectivity index (χ3v) is 1.85. The summed E-state index contributed by atoms with van der Waals surface area (Å²) in [7, 11) is 0. The molecule has 0 amide bonds. The minimum absolute atomic E-state index is 0.409. The molecule has 0 aliphatic rings. The van der Waals surface area contributed by atoms with Crippen LogP contribution in [0.2, 0.25) is 0 Å². The lowest BCUT2D eigenvalue weighted by Crippen LogP contribution is -2.33. The highest BCUT2D eigenvalue weighted by atomic mass is 16.6. The Morgan fingerprint density at radius 3 is 1.50 bits per heavy atom. The molecule has 0 aliphatic heterocycles. The van der Waals surface area contributed by atoms with Gasteiger partial charge in [-0.2, -0.15) is 0 Å².